The molecule has 1 fully saturated rings. The summed E-state index contributed by atoms with van der Waals surface area (Å²) in [6.07, 6.45) is 8.69. The van der Waals surface area contributed by atoms with Crippen LogP contribution in [0.2, 0.25) is 0 Å². The van der Waals surface area contributed by atoms with E-state index in [1.54, 1.807) is 0 Å². The molecular weight excluding hydrogens is 293 g/mol. The second kappa shape index (κ2) is 9.23. The van der Waals surface area contributed by atoms with Gasteiger partial charge < -0.3 is 4.57 Å². The first-order valence-corrected chi connectivity index (χ1v) is 11.3. The molecule has 130 valence electrons. The zero-order valence-corrected chi connectivity index (χ0v) is 16.1. The van der Waals surface area contributed by atoms with Gasteiger partial charge in [0.05, 0.1) is 12.7 Å². The number of carbonyl (C=O) groups is 1. The summed E-state index contributed by atoms with van der Waals surface area (Å²) in [6, 6.07) is 0. The van der Waals surface area contributed by atoms with Crippen molar-refractivity contribution in [3.63, 3.8) is 0 Å². The number of nitrogens with zero attached hydrogens (tertiary/aromatic N) is 1. The number of piperidine rings is 1. The zero-order valence-electron chi connectivity index (χ0n) is 15.2. The van der Waals surface area contributed by atoms with Crippen LogP contribution in [0.5, 0.6) is 0 Å². The Hall–Kier alpha value is -0.140. The van der Waals surface area contributed by atoms with Gasteiger partial charge in [-0.25, -0.2) is 0 Å². The van der Waals surface area contributed by atoms with Crippen molar-refractivity contribution in [2.45, 2.75) is 77.8 Å². The number of hydrogen-bond donors (Lipinski definition) is 0. The molecule has 3 nitrogen and oxygen atoms in total. The van der Waals surface area contributed by atoms with Gasteiger partial charge in [0.25, 0.3) is 0 Å². The van der Waals surface area contributed by atoms with Crippen LogP contribution < -0.4 is 0 Å². The van der Waals surface area contributed by atoms with Gasteiger partial charge in [-0.3, -0.25) is 9.69 Å². The molecule has 1 heterocycles. The molecule has 1 unspecified atom stereocenters. The molecule has 0 aromatic carbocycles. The van der Waals surface area contributed by atoms with Crippen molar-refractivity contribution >= 4 is 12.9 Å². The Morgan fingerprint density at radius 1 is 1.05 bits per heavy atom. The van der Waals surface area contributed by atoms with Crippen LogP contribution in [0.15, 0.2) is 0 Å². The molecule has 1 atom stereocenters. The van der Waals surface area contributed by atoms with E-state index in [0.29, 0.717) is 18.9 Å². The van der Waals surface area contributed by atoms with Gasteiger partial charge in [0, 0.05) is 5.16 Å². The third kappa shape index (κ3) is 5.20. The van der Waals surface area contributed by atoms with E-state index >= 15 is 0 Å². The van der Waals surface area contributed by atoms with E-state index in [1.165, 1.54) is 19.3 Å². The van der Waals surface area contributed by atoms with E-state index in [0.717, 1.165) is 38.8 Å². The van der Waals surface area contributed by atoms with Gasteiger partial charge in [0.1, 0.15) is 7.14 Å². The average molecular weight is 329 g/mol. The van der Waals surface area contributed by atoms with Crippen molar-refractivity contribution in [1.82, 2.24) is 4.90 Å². The van der Waals surface area contributed by atoms with Gasteiger partial charge in [-0.2, -0.15) is 0 Å². The lowest BCUT2D eigenvalue weighted by atomic mass is 9.99. The number of likely N-dealkylation sites (tertiary alicyclic amines) is 1. The molecule has 1 aliphatic rings. The molecule has 4 heteroatoms. The second-order valence-electron chi connectivity index (χ2n) is 7.24. The summed E-state index contributed by atoms with van der Waals surface area (Å²) < 4.78 is 13.6. The van der Waals surface area contributed by atoms with Crippen LogP contribution in [0.25, 0.3) is 0 Å². The van der Waals surface area contributed by atoms with Gasteiger partial charge in [0.15, 0.2) is 5.78 Å². The molecule has 22 heavy (non-hydrogen) atoms. The highest BCUT2D eigenvalue weighted by Gasteiger charge is 2.42. The summed E-state index contributed by atoms with van der Waals surface area (Å²) in [6.45, 7) is 11.1. The summed E-state index contributed by atoms with van der Waals surface area (Å²) in [4.78, 5) is 14.8. The predicted octanol–water partition coefficient (Wildman–Crippen LogP) is 4.78. The van der Waals surface area contributed by atoms with E-state index in [9.17, 15) is 9.36 Å². The fourth-order valence-corrected chi connectivity index (χ4v) is 7.30. The van der Waals surface area contributed by atoms with Crippen LogP contribution >= 0.6 is 7.14 Å². The standard InChI is InChI=1S/C18H36NO2P/c1-5-11-18(4,12-6-2)22(21,7-3)16-17(20)15-19-13-9-8-10-14-19/h5-16H2,1-4H3. The maximum atomic E-state index is 13.6. The smallest absolute Gasteiger partial charge is 0.154 e. The monoisotopic (exact) mass is 329 g/mol. The predicted molar refractivity (Wildman–Crippen MR) is 96.5 cm³/mol. The third-order valence-electron chi connectivity index (χ3n) is 5.35. The Bertz CT molecular complexity index is 383. The molecule has 0 aromatic heterocycles. The zero-order chi connectivity index (χ0) is 16.6. The van der Waals surface area contributed by atoms with Crippen molar-refractivity contribution in [3.8, 4) is 0 Å². The average Bonchev–Trinajstić information content (AvgIpc) is 2.48. The largest absolute Gasteiger partial charge is 0.323 e. The van der Waals surface area contributed by atoms with Crippen LogP contribution in [0.4, 0.5) is 0 Å². The van der Waals surface area contributed by atoms with Crippen molar-refractivity contribution in [1.29, 1.82) is 0 Å². The Labute approximate surface area is 137 Å². The van der Waals surface area contributed by atoms with Crippen LogP contribution in [0, 0.1) is 0 Å². The van der Waals surface area contributed by atoms with Gasteiger partial charge in [-0.1, -0.05) is 47.0 Å². The lowest BCUT2D eigenvalue weighted by molar-refractivity contribution is -0.118. The van der Waals surface area contributed by atoms with Crippen molar-refractivity contribution in [3.05, 3.63) is 0 Å². The number of ketones is 1. The van der Waals surface area contributed by atoms with Gasteiger partial charge >= 0.3 is 0 Å². The Kier molecular flexibility index (Phi) is 8.35. The number of Topliss-reactive ketones (excluding diaryl/α,β-unsaturated/α-hetero) is 1. The van der Waals surface area contributed by atoms with Gasteiger partial charge in [-0.15, -0.1) is 0 Å². The summed E-state index contributed by atoms with van der Waals surface area (Å²) in [5.74, 6) is 0.200. The molecule has 0 spiro atoms. The molecule has 1 rings (SSSR count). The molecule has 0 aliphatic carbocycles. The molecule has 0 aromatic rings. The highest BCUT2D eigenvalue weighted by atomic mass is 31.2. The molecule has 0 bridgehead atoms. The lowest BCUT2D eigenvalue weighted by Crippen LogP contribution is -2.37. The molecular formula is C18H36NO2P. The Morgan fingerprint density at radius 3 is 2.05 bits per heavy atom. The van der Waals surface area contributed by atoms with Crippen LogP contribution in [-0.4, -0.2) is 47.8 Å². The number of carbonyl (C=O) groups excluding carboxylic acids is 1. The maximum absolute atomic E-state index is 13.6. The van der Waals surface area contributed by atoms with E-state index in [1.807, 2.05) is 6.92 Å². The van der Waals surface area contributed by atoms with E-state index in [-0.39, 0.29) is 10.9 Å². The first kappa shape index (κ1) is 19.9. The first-order valence-electron chi connectivity index (χ1n) is 9.23. The number of hydrogen-bond acceptors (Lipinski definition) is 3. The molecule has 0 amide bonds. The Balaban J connectivity index is 2.74. The summed E-state index contributed by atoms with van der Waals surface area (Å²) in [7, 11) is -2.46. The van der Waals surface area contributed by atoms with Crippen molar-refractivity contribution in [2.75, 3.05) is 32.0 Å². The van der Waals surface area contributed by atoms with Crippen LogP contribution in [0.3, 0.4) is 0 Å². The highest BCUT2D eigenvalue weighted by Crippen LogP contribution is 2.61. The topological polar surface area (TPSA) is 37.4 Å². The van der Waals surface area contributed by atoms with Crippen LogP contribution in [-0.2, 0) is 9.36 Å². The highest BCUT2D eigenvalue weighted by molar-refractivity contribution is 7.66. The maximum Gasteiger partial charge on any atom is 0.154 e. The summed E-state index contributed by atoms with van der Waals surface area (Å²) in [5.41, 5.74) is 0. The SMILES string of the molecule is CCCC(C)(CCC)P(=O)(CC)CC(=O)CN1CCCCC1. The second-order valence-corrected chi connectivity index (χ2v) is 11.0. The Morgan fingerprint density at radius 2 is 1.59 bits per heavy atom. The van der Waals surface area contributed by atoms with Crippen molar-refractivity contribution < 1.29 is 9.36 Å². The van der Waals surface area contributed by atoms with Gasteiger partial charge in [-0.05, 0) is 44.9 Å². The fourth-order valence-electron chi connectivity index (χ4n) is 4.00. The molecule has 1 saturated heterocycles. The minimum absolute atomic E-state index is 0.150. The first-order chi connectivity index (χ1) is 10.4. The third-order valence-corrected chi connectivity index (χ3v) is 9.65. The molecule has 0 radical (unpaired) electrons. The van der Waals surface area contributed by atoms with E-state index in [2.05, 4.69) is 25.7 Å². The summed E-state index contributed by atoms with van der Waals surface area (Å²) >= 11 is 0. The van der Waals surface area contributed by atoms with Crippen LogP contribution in [0.1, 0.15) is 72.6 Å². The molecule has 1 aliphatic heterocycles. The van der Waals surface area contributed by atoms with Crippen molar-refractivity contribution in [2.24, 2.45) is 0 Å². The lowest BCUT2D eigenvalue weighted by Gasteiger charge is -2.38. The minimum atomic E-state index is -2.46. The summed E-state index contributed by atoms with van der Waals surface area (Å²) in [5, 5.41) is -0.150. The minimum Gasteiger partial charge on any atom is -0.323 e. The molecule has 0 N–H and O–H groups in total. The quantitative estimate of drug-likeness (QED) is 0.541. The number of rotatable bonds is 10. The van der Waals surface area contributed by atoms with Gasteiger partial charge in [0.2, 0.25) is 0 Å². The normalized spacial score (nSPS) is 19.8. The van der Waals surface area contributed by atoms with E-state index < -0.39 is 7.14 Å². The molecule has 0 saturated carbocycles. The fraction of sp³-hybridized carbons (Fsp3) is 0.944. The van der Waals surface area contributed by atoms with E-state index in [4.69, 9.17) is 0 Å².